The standard InChI is InChI=1S/C18H21N5O2/c1-22-11-14(10-19-22)16-4-3-9-23(16)12-17-20-21-18(25-17)13-5-7-15(24-2)8-6-13/h5-8,10-11,16H,3-4,9,12H2,1-2H3/t16-/m1/s1. The van der Waals surface area contributed by atoms with Crippen LogP contribution in [0.1, 0.15) is 30.3 Å². The Balaban J connectivity index is 1.48. The fourth-order valence-electron chi connectivity index (χ4n) is 3.35. The Morgan fingerprint density at radius 1 is 1.24 bits per heavy atom. The highest BCUT2D eigenvalue weighted by Gasteiger charge is 2.28. The summed E-state index contributed by atoms with van der Waals surface area (Å²) in [5.74, 6) is 1.98. The molecular formula is C18H21N5O2. The smallest absolute Gasteiger partial charge is 0.247 e. The molecule has 0 spiro atoms. The van der Waals surface area contributed by atoms with E-state index < -0.39 is 0 Å². The molecule has 25 heavy (non-hydrogen) atoms. The minimum Gasteiger partial charge on any atom is -0.497 e. The van der Waals surface area contributed by atoms with Crippen molar-refractivity contribution < 1.29 is 9.15 Å². The van der Waals surface area contributed by atoms with Crippen molar-refractivity contribution in [2.24, 2.45) is 7.05 Å². The number of nitrogens with zero attached hydrogens (tertiary/aromatic N) is 5. The summed E-state index contributed by atoms with van der Waals surface area (Å²) in [6.45, 7) is 1.68. The van der Waals surface area contributed by atoms with E-state index in [1.807, 2.05) is 42.2 Å². The summed E-state index contributed by atoms with van der Waals surface area (Å²) in [4.78, 5) is 2.38. The number of ether oxygens (including phenoxy) is 1. The number of aryl methyl sites for hydroxylation is 1. The summed E-state index contributed by atoms with van der Waals surface area (Å²) in [5, 5.41) is 12.7. The van der Waals surface area contributed by atoms with E-state index in [9.17, 15) is 0 Å². The average molecular weight is 339 g/mol. The third-order valence-electron chi connectivity index (χ3n) is 4.62. The quantitative estimate of drug-likeness (QED) is 0.712. The van der Waals surface area contributed by atoms with Crippen LogP contribution in [0, 0.1) is 0 Å². The van der Waals surface area contributed by atoms with E-state index in [0.717, 1.165) is 24.3 Å². The summed E-state index contributed by atoms with van der Waals surface area (Å²) < 4.78 is 12.9. The van der Waals surface area contributed by atoms with Gasteiger partial charge in [-0.1, -0.05) is 0 Å². The lowest BCUT2D eigenvalue weighted by molar-refractivity contribution is 0.224. The molecule has 7 nitrogen and oxygen atoms in total. The number of benzene rings is 1. The lowest BCUT2D eigenvalue weighted by Gasteiger charge is -2.21. The van der Waals surface area contributed by atoms with Crippen molar-refractivity contribution in [1.82, 2.24) is 24.9 Å². The first-order valence-corrected chi connectivity index (χ1v) is 8.42. The summed E-state index contributed by atoms with van der Waals surface area (Å²) in [6.07, 6.45) is 6.32. The average Bonchev–Trinajstić information content (AvgIpc) is 3.36. The number of aromatic nitrogens is 4. The van der Waals surface area contributed by atoms with Crippen molar-refractivity contribution in [2.75, 3.05) is 13.7 Å². The van der Waals surface area contributed by atoms with Crippen LogP contribution in [-0.2, 0) is 13.6 Å². The van der Waals surface area contributed by atoms with Crippen LogP contribution in [0.5, 0.6) is 5.75 Å². The fraction of sp³-hybridized carbons (Fsp3) is 0.389. The van der Waals surface area contributed by atoms with E-state index in [4.69, 9.17) is 9.15 Å². The van der Waals surface area contributed by atoms with Gasteiger partial charge in [0.2, 0.25) is 11.8 Å². The summed E-state index contributed by atoms with van der Waals surface area (Å²) in [7, 11) is 3.59. The number of hydrogen-bond donors (Lipinski definition) is 0. The van der Waals surface area contributed by atoms with E-state index in [-0.39, 0.29) is 0 Å². The third-order valence-corrected chi connectivity index (χ3v) is 4.62. The maximum Gasteiger partial charge on any atom is 0.247 e. The predicted octanol–water partition coefficient (Wildman–Crippen LogP) is 2.82. The van der Waals surface area contributed by atoms with Crippen molar-refractivity contribution in [3.05, 3.63) is 48.1 Å². The highest BCUT2D eigenvalue weighted by Crippen LogP contribution is 2.33. The van der Waals surface area contributed by atoms with Crippen LogP contribution in [-0.4, -0.2) is 38.5 Å². The molecule has 0 unspecified atom stereocenters. The van der Waals surface area contributed by atoms with E-state index in [1.165, 1.54) is 12.0 Å². The largest absolute Gasteiger partial charge is 0.497 e. The Morgan fingerprint density at radius 2 is 2.08 bits per heavy atom. The first-order chi connectivity index (χ1) is 12.2. The molecule has 4 rings (SSSR count). The highest BCUT2D eigenvalue weighted by molar-refractivity contribution is 5.53. The Morgan fingerprint density at radius 3 is 2.80 bits per heavy atom. The molecule has 0 amide bonds. The Bertz CT molecular complexity index is 839. The molecule has 1 saturated heterocycles. The van der Waals surface area contributed by atoms with Crippen molar-refractivity contribution >= 4 is 0 Å². The summed E-state index contributed by atoms with van der Waals surface area (Å²) in [6, 6.07) is 7.98. The van der Waals surface area contributed by atoms with Gasteiger partial charge in [0, 0.05) is 30.4 Å². The van der Waals surface area contributed by atoms with Gasteiger partial charge < -0.3 is 9.15 Å². The Kier molecular flexibility index (Phi) is 4.23. The minimum absolute atomic E-state index is 0.366. The second kappa shape index (κ2) is 6.68. The normalized spacial score (nSPS) is 17.9. The van der Waals surface area contributed by atoms with E-state index in [2.05, 4.69) is 26.4 Å². The van der Waals surface area contributed by atoms with Crippen molar-refractivity contribution in [3.8, 4) is 17.2 Å². The summed E-state index contributed by atoms with van der Waals surface area (Å²) in [5.41, 5.74) is 2.14. The Hall–Kier alpha value is -2.67. The van der Waals surface area contributed by atoms with Crippen LogP contribution in [0.15, 0.2) is 41.1 Å². The molecule has 3 heterocycles. The zero-order valence-electron chi connectivity index (χ0n) is 14.4. The van der Waals surface area contributed by atoms with Gasteiger partial charge in [-0.15, -0.1) is 10.2 Å². The van der Waals surface area contributed by atoms with Crippen LogP contribution in [0.4, 0.5) is 0 Å². The summed E-state index contributed by atoms with van der Waals surface area (Å²) >= 11 is 0. The van der Waals surface area contributed by atoms with Crippen LogP contribution >= 0.6 is 0 Å². The van der Waals surface area contributed by atoms with Crippen LogP contribution < -0.4 is 4.74 Å². The van der Waals surface area contributed by atoms with Crippen molar-refractivity contribution in [3.63, 3.8) is 0 Å². The maximum absolute atomic E-state index is 5.87. The molecule has 7 heteroatoms. The number of methoxy groups -OCH3 is 1. The van der Waals surface area contributed by atoms with Gasteiger partial charge in [-0.2, -0.15) is 5.10 Å². The number of hydrogen-bond acceptors (Lipinski definition) is 6. The van der Waals surface area contributed by atoms with E-state index in [0.29, 0.717) is 24.4 Å². The molecular weight excluding hydrogens is 318 g/mol. The SMILES string of the molecule is COc1ccc(-c2nnc(CN3CCC[C@@H]3c3cnn(C)c3)o2)cc1. The number of likely N-dealkylation sites (tertiary alicyclic amines) is 1. The molecule has 0 aliphatic carbocycles. The predicted molar refractivity (Wildman–Crippen MR) is 91.9 cm³/mol. The van der Waals surface area contributed by atoms with Crippen molar-refractivity contribution in [2.45, 2.75) is 25.4 Å². The second-order valence-electron chi connectivity index (χ2n) is 6.31. The molecule has 3 aromatic rings. The monoisotopic (exact) mass is 339 g/mol. The van der Waals surface area contributed by atoms with Gasteiger partial charge in [0.1, 0.15) is 5.75 Å². The van der Waals surface area contributed by atoms with Gasteiger partial charge in [0.15, 0.2) is 0 Å². The van der Waals surface area contributed by atoms with Gasteiger partial charge >= 0.3 is 0 Å². The maximum atomic E-state index is 5.87. The molecule has 130 valence electrons. The van der Waals surface area contributed by atoms with Crippen LogP contribution in [0.3, 0.4) is 0 Å². The van der Waals surface area contributed by atoms with Gasteiger partial charge in [-0.05, 0) is 43.7 Å². The molecule has 0 N–H and O–H groups in total. The first kappa shape index (κ1) is 15.8. The molecule has 1 atom stereocenters. The Labute approximate surface area is 146 Å². The third kappa shape index (κ3) is 3.28. The van der Waals surface area contributed by atoms with Gasteiger partial charge in [0.05, 0.1) is 19.9 Å². The van der Waals surface area contributed by atoms with Gasteiger partial charge in [-0.25, -0.2) is 0 Å². The topological polar surface area (TPSA) is 69.2 Å². The van der Waals surface area contributed by atoms with Gasteiger partial charge in [0.25, 0.3) is 0 Å². The van der Waals surface area contributed by atoms with Gasteiger partial charge in [-0.3, -0.25) is 9.58 Å². The van der Waals surface area contributed by atoms with E-state index in [1.54, 1.807) is 7.11 Å². The molecule has 0 saturated carbocycles. The number of rotatable bonds is 5. The molecule has 0 radical (unpaired) electrons. The van der Waals surface area contributed by atoms with E-state index >= 15 is 0 Å². The lowest BCUT2D eigenvalue weighted by atomic mass is 10.1. The van der Waals surface area contributed by atoms with Crippen LogP contribution in [0.2, 0.25) is 0 Å². The zero-order chi connectivity index (χ0) is 17.2. The first-order valence-electron chi connectivity index (χ1n) is 8.42. The molecule has 1 aliphatic rings. The zero-order valence-corrected chi connectivity index (χ0v) is 14.4. The molecule has 0 bridgehead atoms. The van der Waals surface area contributed by atoms with Crippen LogP contribution in [0.25, 0.3) is 11.5 Å². The molecule has 1 aliphatic heterocycles. The molecule has 1 fully saturated rings. The molecule has 1 aromatic carbocycles. The second-order valence-corrected chi connectivity index (χ2v) is 6.31. The fourth-order valence-corrected chi connectivity index (χ4v) is 3.35. The molecule has 2 aromatic heterocycles. The lowest BCUT2D eigenvalue weighted by Crippen LogP contribution is -2.22. The van der Waals surface area contributed by atoms with Crippen molar-refractivity contribution in [1.29, 1.82) is 0 Å². The highest BCUT2D eigenvalue weighted by atomic mass is 16.5. The minimum atomic E-state index is 0.366.